The number of carbonyl (C=O) groups is 1. The number of hydrogen-bond donors (Lipinski definition) is 0. The van der Waals surface area contributed by atoms with Crippen LogP contribution in [0, 0.1) is 6.92 Å². The van der Waals surface area contributed by atoms with Crippen molar-refractivity contribution in [3.8, 4) is 0 Å². The lowest BCUT2D eigenvalue weighted by Gasteiger charge is -2.27. The molecule has 1 amide bonds. The lowest BCUT2D eigenvalue weighted by molar-refractivity contribution is -0.125. The minimum Gasteiger partial charge on any atom is -0.378 e. The summed E-state index contributed by atoms with van der Waals surface area (Å²) in [5.41, 5.74) is 3.30. The molecule has 0 saturated carbocycles. The summed E-state index contributed by atoms with van der Waals surface area (Å²) in [5, 5.41) is 0. The molecule has 3 heterocycles. The van der Waals surface area contributed by atoms with Gasteiger partial charge < -0.3 is 14.5 Å². The molecule has 3 rings (SSSR count). The van der Waals surface area contributed by atoms with Gasteiger partial charge in [0.2, 0.25) is 11.9 Å². The van der Waals surface area contributed by atoms with E-state index in [1.165, 1.54) is 11.6 Å². The molecule has 2 aliphatic heterocycles. The van der Waals surface area contributed by atoms with Gasteiger partial charge in [-0.2, -0.15) is 0 Å². The molecular weight excluding hydrogens is 280 g/mol. The van der Waals surface area contributed by atoms with E-state index in [2.05, 4.69) is 16.5 Å². The zero-order chi connectivity index (χ0) is 15.5. The van der Waals surface area contributed by atoms with Gasteiger partial charge in [-0.1, -0.05) is 6.58 Å². The van der Waals surface area contributed by atoms with Crippen LogP contribution in [0.15, 0.2) is 12.7 Å². The quantitative estimate of drug-likeness (QED) is 0.754. The first-order valence-electron chi connectivity index (χ1n) is 7.79. The number of fused-ring (bicyclic) bond motifs is 1. The van der Waals surface area contributed by atoms with Crippen molar-refractivity contribution in [2.45, 2.75) is 19.8 Å². The smallest absolute Gasteiger partial charge is 0.245 e. The third-order valence-electron chi connectivity index (χ3n) is 4.32. The van der Waals surface area contributed by atoms with Gasteiger partial charge in [0, 0.05) is 38.3 Å². The highest BCUT2D eigenvalue weighted by molar-refractivity contribution is 5.87. The Morgan fingerprint density at radius 3 is 2.64 bits per heavy atom. The molecule has 1 aromatic heterocycles. The summed E-state index contributed by atoms with van der Waals surface area (Å²) in [4.78, 5) is 25.3. The Labute approximate surface area is 130 Å². The Bertz CT molecular complexity index is 582. The van der Waals surface area contributed by atoms with Crippen LogP contribution in [0.3, 0.4) is 0 Å². The molecule has 0 radical (unpaired) electrons. The van der Waals surface area contributed by atoms with E-state index >= 15 is 0 Å². The largest absolute Gasteiger partial charge is 0.378 e. The van der Waals surface area contributed by atoms with Gasteiger partial charge in [-0.25, -0.2) is 9.97 Å². The number of rotatable bonds is 2. The van der Waals surface area contributed by atoms with Crippen molar-refractivity contribution in [2.75, 3.05) is 44.3 Å². The van der Waals surface area contributed by atoms with Crippen LogP contribution in [0.4, 0.5) is 5.95 Å². The second-order valence-electron chi connectivity index (χ2n) is 5.66. The number of hydrogen-bond acceptors (Lipinski definition) is 5. The Hall–Kier alpha value is -1.95. The highest BCUT2D eigenvalue weighted by Crippen LogP contribution is 2.21. The topological polar surface area (TPSA) is 58.6 Å². The van der Waals surface area contributed by atoms with Crippen LogP contribution in [-0.2, 0) is 22.4 Å². The molecule has 6 heteroatoms. The van der Waals surface area contributed by atoms with Crippen LogP contribution < -0.4 is 4.90 Å². The van der Waals surface area contributed by atoms with Crippen molar-refractivity contribution in [1.82, 2.24) is 14.9 Å². The van der Waals surface area contributed by atoms with Crippen molar-refractivity contribution in [3.63, 3.8) is 0 Å². The third kappa shape index (κ3) is 2.97. The molecule has 0 atom stereocenters. The third-order valence-corrected chi connectivity index (χ3v) is 4.32. The molecule has 0 spiro atoms. The molecule has 0 N–H and O–H groups in total. The molecule has 6 nitrogen and oxygen atoms in total. The van der Waals surface area contributed by atoms with E-state index in [1.807, 2.05) is 11.8 Å². The van der Waals surface area contributed by atoms with Crippen LogP contribution in [0.5, 0.6) is 0 Å². The van der Waals surface area contributed by atoms with Crippen molar-refractivity contribution in [1.29, 1.82) is 0 Å². The van der Waals surface area contributed by atoms with Gasteiger partial charge in [0.1, 0.15) is 0 Å². The van der Waals surface area contributed by atoms with E-state index in [0.717, 1.165) is 56.5 Å². The summed E-state index contributed by atoms with van der Waals surface area (Å²) >= 11 is 0. The lowest BCUT2D eigenvalue weighted by atomic mass is 10.1. The molecule has 0 aromatic carbocycles. The number of carbonyl (C=O) groups excluding carboxylic acids is 1. The number of nitrogens with zero attached hydrogens (tertiary/aromatic N) is 4. The zero-order valence-electron chi connectivity index (χ0n) is 13.0. The second-order valence-corrected chi connectivity index (χ2v) is 5.66. The van der Waals surface area contributed by atoms with Gasteiger partial charge in [-0.05, 0) is 25.0 Å². The van der Waals surface area contributed by atoms with Gasteiger partial charge >= 0.3 is 0 Å². The Morgan fingerprint density at radius 2 is 1.91 bits per heavy atom. The number of aryl methyl sites for hydroxylation is 1. The van der Waals surface area contributed by atoms with Crippen LogP contribution in [0.2, 0.25) is 0 Å². The molecule has 1 fully saturated rings. The van der Waals surface area contributed by atoms with E-state index in [4.69, 9.17) is 9.72 Å². The average Bonchev–Trinajstić information content (AvgIpc) is 2.78. The minimum atomic E-state index is -0.00757. The predicted octanol–water partition coefficient (Wildman–Crippen LogP) is 0.735. The summed E-state index contributed by atoms with van der Waals surface area (Å²) in [6, 6.07) is 0. The van der Waals surface area contributed by atoms with Crippen LogP contribution in [-0.4, -0.2) is 60.2 Å². The lowest BCUT2D eigenvalue weighted by Crippen LogP contribution is -2.37. The summed E-state index contributed by atoms with van der Waals surface area (Å²) in [6.07, 6.45) is 2.97. The van der Waals surface area contributed by atoms with Crippen molar-refractivity contribution >= 4 is 11.9 Å². The van der Waals surface area contributed by atoms with Crippen molar-refractivity contribution in [2.24, 2.45) is 0 Å². The predicted molar refractivity (Wildman–Crippen MR) is 84.0 cm³/mol. The van der Waals surface area contributed by atoms with E-state index in [9.17, 15) is 4.79 Å². The molecule has 0 unspecified atom stereocenters. The molecule has 2 aliphatic rings. The summed E-state index contributed by atoms with van der Waals surface area (Å²) < 4.78 is 5.39. The van der Waals surface area contributed by atoms with Gasteiger partial charge in [0.25, 0.3) is 0 Å². The summed E-state index contributed by atoms with van der Waals surface area (Å²) in [7, 11) is 0. The molecule has 0 bridgehead atoms. The molecular formula is C16H22N4O2. The number of aromatic nitrogens is 2. The first kappa shape index (κ1) is 15.0. The van der Waals surface area contributed by atoms with Crippen molar-refractivity contribution in [3.05, 3.63) is 29.6 Å². The van der Waals surface area contributed by atoms with Gasteiger partial charge in [0.15, 0.2) is 0 Å². The zero-order valence-corrected chi connectivity index (χ0v) is 13.0. The average molecular weight is 302 g/mol. The Balaban J connectivity index is 1.84. The number of anilines is 1. The van der Waals surface area contributed by atoms with Crippen LogP contribution in [0.1, 0.15) is 17.0 Å². The molecule has 22 heavy (non-hydrogen) atoms. The Morgan fingerprint density at radius 1 is 1.18 bits per heavy atom. The van der Waals surface area contributed by atoms with E-state index in [-0.39, 0.29) is 5.91 Å². The number of ether oxygens (including phenoxy) is 1. The normalized spacial score (nSPS) is 18.6. The monoisotopic (exact) mass is 302 g/mol. The maximum atomic E-state index is 11.8. The Kier molecular flexibility index (Phi) is 4.38. The van der Waals surface area contributed by atoms with Crippen molar-refractivity contribution < 1.29 is 9.53 Å². The fraction of sp³-hybridized carbons (Fsp3) is 0.562. The van der Waals surface area contributed by atoms with Gasteiger partial charge in [0.05, 0.1) is 18.9 Å². The standard InChI is InChI=1S/C16H22N4O2/c1-3-15(21)19-6-4-13-12(2)17-16(18-14(13)5-7-19)20-8-10-22-11-9-20/h3H,1,4-11H2,2H3. The highest BCUT2D eigenvalue weighted by atomic mass is 16.5. The second kappa shape index (κ2) is 6.44. The first-order valence-corrected chi connectivity index (χ1v) is 7.79. The number of morpholine rings is 1. The van der Waals surface area contributed by atoms with E-state index in [1.54, 1.807) is 0 Å². The SMILES string of the molecule is C=CC(=O)N1CCc2nc(N3CCOCC3)nc(C)c2CC1. The van der Waals surface area contributed by atoms with Gasteiger partial charge in [-0.15, -0.1) is 0 Å². The highest BCUT2D eigenvalue weighted by Gasteiger charge is 2.22. The maximum Gasteiger partial charge on any atom is 0.245 e. The maximum absolute atomic E-state index is 11.8. The first-order chi connectivity index (χ1) is 10.7. The van der Waals surface area contributed by atoms with E-state index < -0.39 is 0 Å². The number of amides is 1. The molecule has 118 valence electrons. The molecule has 1 aromatic rings. The molecule has 1 saturated heterocycles. The van der Waals surface area contributed by atoms with Crippen LogP contribution >= 0.6 is 0 Å². The molecule has 0 aliphatic carbocycles. The van der Waals surface area contributed by atoms with E-state index in [0.29, 0.717) is 13.1 Å². The fourth-order valence-electron chi connectivity index (χ4n) is 3.03. The van der Waals surface area contributed by atoms with Gasteiger partial charge in [-0.3, -0.25) is 4.79 Å². The summed E-state index contributed by atoms with van der Waals surface area (Å²) in [6.45, 7) is 10.1. The summed E-state index contributed by atoms with van der Waals surface area (Å²) in [5.74, 6) is 0.787. The minimum absolute atomic E-state index is 0.00757. The van der Waals surface area contributed by atoms with Crippen LogP contribution in [0.25, 0.3) is 0 Å². The fourth-order valence-corrected chi connectivity index (χ4v) is 3.03.